The molecule has 0 amide bonds. The highest BCUT2D eigenvalue weighted by atomic mass is 14.7. The largest absolute Gasteiger partial charge is 0.361 e. The third-order valence-electron chi connectivity index (χ3n) is 10.1. The van der Waals surface area contributed by atoms with Crippen LogP contribution in [0.3, 0.4) is 0 Å². The predicted octanol–water partition coefficient (Wildman–Crippen LogP) is 11.2. The van der Waals surface area contributed by atoms with Crippen molar-refractivity contribution >= 4 is 87.1 Å². The highest BCUT2D eigenvalue weighted by molar-refractivity contribution is 6.33. The monoisotopic (exact) mass is 529 g/mol. The molecule has 42 heavy (non-hydrogen) atoms. The molecular weight excluding hydrogens is 506 g/mol. The first-order valence-electron chi connectivity index (χ1n) is 14.8. The standard InChI is InChI=1S/C41H23N/c1-3-22-6-7-26-19-34-33-20-27(21-35(33)41(34)32-17-12-23(4-1)37(22)40(26)32)28-13-8-24-11-16-31-29(36-5-2-18-42-36)14-9-25-10-15-30(28)38(24)39(25)31/h1-20,42H,21H2. The summed E-state index contributed by atoms with van der Waals surface area (Å²) >= 11 is 0. The van der Waals surface area contributed by atoms with Crippen molar-refractivity contribution in [3.05, 3.63) is 132 Å². The SMILES string of the molecule is C1=C(c2ccc3ccc4c(-c5ccc[nH]5)ccc5ccc2c3c54)Cc2c1c1cc3ccc4cccc5ccc(c21)c3c45. The minimum atomic E-state index is 0.990. The maximum Gasteiger partial charge on any atom is 0.0460 e. The molecule has 1 aromatic heterocycles. The maximum atomic E-state index is 3.42. The maximum absolute atomic E-state index is 3.42. The van der Waals surface area contributed by atoms with Crippen LogP contribution in [0.5, 0.6) is 0 Å². The summed E-state index contributed by atoms with van der Waals surface area (Å²) in [4.78, 5) is 3.42. The van der Waals surface area contributed by atoms with Crippen LogP contribution in [0.25, 0.3) is 98.3 Å². The molecule has 1 nitrogen and oxygen atoms in total. The van der Waals surface area contributed by atoms with Crippen LogP contribution >= 0.6 is 0 Å². The third-order valence-corrected chi connectivity index (χ3v) is 10.1. The Labute approximate surface area is 241 Å². The predicted molar refractivity (Wildman–Crippen MR) is 180 cm³/mol. The molecule has 10 aromatic rings. The second-order valence-electron chi connectivity index (χ2n) is 12.1. The van der Waals surface area contributed by atoms with E-state index in [1.807, 2.05) is 6.20 Å². The van der Waals surface area contributed by atoms with Gasteiger partial charge in [-0.05, 0) is 128 Å². The first-order chi connectivity index (χ1) is 20.8. The molecular formula is C41H23N. The Morgan fingerprint density at radius 1 is 0.452 bits per heavy atom. The van der Waals surface area contributed by atoms with E-state index >= 15 is 0 Å². The van der Waals surface area contributed by atoms with Gasteiger partial charge in [0.15, 0.2) is 0 Å². The van der Waals surface area contributed by atoms with E-state index in [9.17, 15) is 0 Å². The zero-order valence-electron chi connectivity index (χ0n) is 22.8. The van der Waals surface area contributed by atoms with E-state index in [0.29, 0.717) is 0 Å². The van der Waals surface area contributed by atoms with Crippen molar-refractivity contribution < 1.29 is 0 Å². The fourth-order valence-electron chi connectivity index (χ4n) is 8.33. The first kappa shape index (κ1) is 21.4. The van der Waals surface area contributed by atoms with Crippen LogP contribution in [0.4, 0.5) is 0 Å². The summed E-state index contributed by atoms with van der Waals surface area (Å²) in [6, 6.07) is 41.1. The molecule has 0 aliphatic heterocycles. The molecule has 0 saturated carbocycles. The smallest absolute Gasteiger partial charge is 0.0460 e. The number of allylic oxidation sites excluding steroid dienone is 1. The van der Waals surface area contributed by atoms with Gasteiger partial charge in [-0.3, -0.25) is 0 Å². The minimum absolute atomic E-state index is 0.990. The molecule has 192 valence electrons. The van der Waals surface area contributed by atoms with Gasteiger partial charge in [-0.2, -0.15) is 0 Å². The lowest BCUT2D eigenvalue weighted by Crippen LogP contribution is -1.96. The Bertz CT molecular complexity index is 2720. The Hall–Kier alpha value is -5.40. The highest BCUT2D eigenvalue weighted by Crippen LogP contribution is 2.50. The Morgan fingerprint density at radius 3 is 1.83 bits per heavy atom. The summed E-state index contributed by atoms with van der Waals surface area (Å²) in [7, 11) is 0. The summed E-state index contributed by atoms with van der Waals surface area (Å²) in [6.45, 7) is 0. The second-order valence-corrected chi connectivity index (χ2v) is 12.1. The fourth-order valence-corrected chi connectivity index (χ4v) is 8.33. The van der Waals surface area contributed by atoms with Crippen molar-refractivity contribution in [1.29, 1.82) is 0 Å². The summed E-state index contributed by atoms with van der Waals surface area (Å²) < 4.78 is 0. The molecule has 0 bridgehead atoms. The zero-order valence-corrected chi connectivity index (χ0v) is 22.8. The Kier molecular flexibility index (Phi) is 3.69. The average molecular weight is 530 g/mol. The van der Waals surface area contributed by atoms with Crippen LogP contribution in [0, 0.1) is 0 Å². The molecule has 1 aliphatic carbocycles. The molecule has 0 atom stereocenters. The summed E-state index contributed by atoms with van der Waals surface area (Å²) in [5.74, 6) is 0. The Morgan fingerprint density at radius 2 is 1.07 bits per heavy atom. The molecule has 0 spiro atoms. The zero-order chi connectivity index (χ0) is 27.1. The molecule has 1 heterocycles. The molecule has 1 aliphatic rings. The van der Waals surface area contributed by atoms with E-state index in [-0.39, 0.29) is 0 Å². The summed E-state index contributed by atoms with van der Waals surface area (Å²) in [6.07, 6.45) is 5.48. The number of hydrogen-bond donors (Lipinski definition) is 1. The lowest BCUT2D eigenvalue weighted by atomic mass is 9.83. The van der Waals surface area contributed by atoms with Gasteiger partial charge in [0.05, 0.1) is 0 Å². The van der Waals surface area contributed by atoms with Crippen LogP contribution in [-0.4, -0.2) is 4.98 Å². The molecule has 1 N–H and O–H groups in total. The van der Waals surface area contributed by atoms with Crippen molar-refractivity contribution in [3.63, 3.8) is 0 Å². The molecule has 0 fully saturated rings. The van der Waals surface area contributed by atoms with E-state index in [1.165, 1.54) is 109 Å². The van der Waals surface area contributed by atoms with Gasteiger partial charge in [0.25, 0.3) is 0 Å². The van der Waals surface area contributed by atoms with Crippen molar-refractivity contribution in [3.8, 4) is 11.3 Å². The number of rotatable bonds is 2. The van der Waals surface area contributed by atoms with Crippen molar-refractivity contribution in [2.75, 3.05) is 0 Å². The quantitative estimate of drug-likeness (QED) is 0.214. The molecule has 11 rings (SSSR count). The number of hydrogen-bond acceptors (Lipinski definition) is 0. The van der Waals surface area contributed by atoms with Gasteiger partial charge in [0.1, 0.15) is 0 Å². The van der Waals surface area contributed by atoms with Gasteiger partial charge in [-0.1, -0.05) is 91.0 Å². The van der Waals surface area contributed by atoms with Gasteiger partial charge < -0.3 is 4.98 Å². The number of H-pyrrole nitrogens is 1. The fraction of sp³-hybridized carbons (Fsp3) is 0.0244. The molecule has 1 heteroatoms. The summed E-state index contributed by atoms with van der Waals surface area (Å²) in [5.41, 5.74) is 8.17. The van der Waals surface area contributed by atoms with Crippen LogP contribution in [-0.2, 0) is 6.42 Å². The summed E-state index contributed by atoms with van der Waals surface area (Å²) in [5, 5.41) is 19.2. The lowest BCUT2D eigenvalue weighted by Gasteiger charge is -2.19. The molecule has 0 unspecified atom stereocenters. The molecule has 9 aromatic carbocycles. The van der Waals surface area contributed by atoms with E-state index in [1.54, 1.807) is 0 Å². The van der Waals surface area contributed by atoms with Crippen molar-refractivity contribution in [2.24, 2.45) is 0 Å². The number of nitrogens with one attached hydrogen (secondary N) is 1. The van der Waals surface area contributed by atoms with E-state index < -0.39 is 0 Å². The van der Waals surface area contributed by atoms with Crippen LogP contribution in [0.1, 0.15) is 16.7 Å². The van der Waals surface area contributed by atoms with Crippen molar-refractivity contribution in [1.82, 2.24) is 4.98 Å². The lowest BCUT2D eigenvalue weighted by molar-refractivity contribution is 1.35. The van der Waals surface area contributed by atoms with Crippen LogP contribution < -0.4 is 0 Å². The average Bonchev–Trinajstić information content (AvgIpc) is 3.70. The van der Waals surface area contributed by atoms with Gasteiger partial charge in [-0.15, -0.1) is 0 Å². The van der Waals surface area contributed by atoms with Gasteiger partial charge >= 0.3 is 0 Å². The first-order valence-corrected chi connectivity index (χ1v) is 14.8. The normalized spacial score (nSPS) is 13.8. The Balaban J connectivity index is 1.14. The van der Waals surface area contributed by atoms with E-state index in [4.69, 9.17) is 0 Å². The van der Waals surface area contributed by atoms with Crippen LogP contribution in [0.2, 0.25) is 0 Å². The molecule has 0 radical (unpaired) electrons. The van der Waals surface area contributed by atoms with Crippen molar-refractivity contribution in [2.45, 2.75) is 6.42 Å². The topological polar surface area (TPSA) is 15.8 Å². The third kappa shape index (κ3) is 2.48. The van der Waals surface area contributed by atoms with E-state index in [0.717, 1.165) is 6.42 Å². The molecule has 0 saturated heterocycles. The van der Waals surface area contributed by atoms with E-state index in [2.05, 4.69) is 120 Å². The number of aromatic amines is 1. The highest BCUT2D eigenvalue weighted by Gasteiger charge is 2.27. The van der Waals surface area contributed by atoms with Crippen LogP contribution in [0.15, 0.2) is 115 Å². The minimum Gasteiger partial charge on any atom is -0.361 e. The van der Waals surface area contributed by atoms with Gasteiger partial charge in [0, 0.05) is 17.5 Å². The van der Waals surface area contributed by atoms with Gasteiger partial charge in [-0.25, -0.2) is 0 Å². The number of aromatic nitrogens is 1. The second kappa shape index (κ2) is 7.26. The van der Waals surface area contributed by atoms with Gasteiger partial charge in [0.2, 0.25) is 0 Å². The number of benzene rings is 8. The number of fused-ring (bicyclic) bond motifs is 5.